The van der Waals surface area contributed by atoms with Gasteiger partial charge in [-0.2, -0.15) is 0 Å². The monoisotopic (exact) mass is 539 g/mol. The summed E-state index contributed by atoms with van der Waals surface area (Å²) in [6.07, 6.45) is 1.24. The van der Waals surface area contributed by atoms with Gasteiger partial charge in [0.15, 0.2) is 6.61 Å². The van der Waals surface area contributed by atoms with Crippen LogP contribution in [0.1, 0.15) is 5.56 Å². The Morgan fingerprint density at radius 2 is 1.73 bits per heavy atom. The van der Waals surface area contributed by atoms with Gasteiger partial charge >= 0.3 is 6.03 Å². The van der Waals surface area contributed by atoms with Gasteiger partial charge < -0.3 is 14.8 Å². The van der Waals surface area contributed by atoms with E-state index in [2.05, 4.69) is 10.6 Å². The Kier molecular flexibility index (Phi) is 7.76. The van der Waals surface area contributed by atoms with Gasteiger partial charge in [-0.05, 0) is 66.7 Å². The minimum atomic E-state index is -0.910. The van der Waals surface area contributed by atoms with Crippen LogP contribution in [-0.2, 0) is 14.4 Å². The van der Waals surface area contributed by atoms with Crippen LogP contribution in [0.4, 0.5) is 16.2 Å². The molecule has 188 valence electrons. The van der Waals surface area contributed by atoms with Crippen molar-refractivity contribution in [2.24, 2.45) is 0 Å². The molecule has 2 N–H and O–H groups in total. The highest BCUT2D eigenvalue weighted by molar-refractivity contribution is 6.39. The van der Waals surface area contributed by atoms with Gasteiger partial charge in [0.05, 0.1) is 12.8 Å². The zero-order valence-electron chi connectivity index (χ0n) is 19.3. The maximum Gasteiger partial charge on any atom is 0.335 e. The van der Waals surface area contributed by atoms with Crippen LogP contribution in [0, 0.1) is 0 Å². The van der Waals surface area contributed by atoms with Crippen molar-refractivity contribution in [2.75, 3.05) is 23.9 Å². The quantitative estimate of drug-likeness (QED) is 0.332. The van der Waals surface area contributed by atoms with E-state index in [-0.39, 0.29) is 29.2 Å². The Bertz CT molecular complexity index is 1420. The number of urea groups is 1. The summed E-state index contributed by atoms with van der Waals surface area (Å²) in [5, 5.41) is 5.43. The van der Waals surface area contributed by atoms with Crippen LogP contribution in [0.2, 0.25) is 10.0 Å². The highest BCUT2D eigenvalue weighted by Gasteiger charge is 2.37. The van der Waals surface area contributed by atoms with E-state index in [0.29, 0.717) is 21.5 Å². The van der Waals surface area contributed by atoms with Crippen molar-refractivity contribution in [1.29, 1.82) is 0 Å². The number of halogens is 2. The van der Waals surface area contributed by atoms with E-state index in [4.69, 9.17) is 32.7 Å². The Morgan fingerprint density at radius 1 is 1.00 bits per heavy atom. The van der Waals surface area contributed by atoms with Crippen molar-refractivity contribution in [3.8, 4) is 11.5 Å². The lowest BCUT2D eigenvalue weighted by Crippen LogP contribution is -2.54. The van der Waals surface area contributed by atoms with E-state index >= 15 is 0 Å². The fourth-order valence-corrected chi connectivity index (χ4v) is 3.81. The predicted molar refractivity (Wildman–Crippen MR) is 139 cm³/mol. The van der Waals surface area contributed by atoms with Gasteiger partial charge in [-0.3, -0.25) is 19.7 Å². The summed E-state index contributed by atoms with van der Waals surface area (Å²) in [6.45, 7) is -0.364. The summed E-state index contributed by atoms with van der Waals surface area (Å²) < 4.78 is 10.7. The van der Waals surface area contributed by atoms with Crippen LogP contribution in [-0.4, -0.2) is 37.5 Å². The average molecular weight is 540 g/mol. The van der Waals surface area contributed by atoms with Gasteiger partial charge in [0, 0.05) is 21.3 Å². The number of barbiturate groups is 1. The van der Waals surface area contributed by atoms with Gasteiger partial charge in [0.1, 0.15) is 17.1 Å². The first-order valence-electron chi connectivity index (χ1n) is 10.8. The molecule has 3 aromatic carbocycles. The first kappa shape index (κ1) is 25.7. The molecule has 3 aromatic rings. The smallest absolute Gasteiger partial charge is 0.335 e. The lowest BCUT2D eigenvalue weighted by Gasteiger charge is -2.26. The molecule has 1 aliphatic rings. The second-order valence-corrected chi connectivity index (χ2v) is 8.56. The molecule has 0 saturated carbocycles. The molecule has 0 spiro atoms. The molecule has 4 rings (SSSR count). The summed E-state index contributed by atoms with van der Waals surface area (Å²) in [6, 6.07) is 16.4. The van der Waals surface area contributed by atoms with Gasteiger partial charge in [0.25, 0.3) is 17.7 Å². The van der Waals surface area contributed by atoms with Crippen molar-refractivity contribution < 1.29 is 28.7 Å². The Labute approximate surface area is 221 Å². The molecule has 0 atom stereocenters. The molecule has 1 aliphatic heterocycles. The van der Waals surface area contributed by atoms with Crippen LogP contribution in [0.15, 0.2) is 72.3 Å². The average Bonchev–Trinajstić information content (AvgIpc) is 2.86. The van der Waals surface area contributed by atoms with Crippen LogP contribution >= 0.6 is 23.2 Å². The van der Waals surface area contributed by atoms with Crippen molar-refractivity contribution >= 4 is 64.4 Å². The highest BCUT2D eigenvalue weighted by Crippen LogP contribution is 2.29. The molecular weight excluding hydrogens is 521 g/mol. The number of amides is 5. The van der Waals surface area contributed by atoms with E-state index in [1.807, 2.05) is 0 Å². The number of hydrogen-bond acceptors (Lipinski definition) is 6. The van der Waals surface area contributed by atoms with E-state index in [9.17, 15) is 19.2 Å². The number of ether oxygens (including phenoxy) is 2. The molecule has 5 amide bonds. The SMILES string of the molecule is COc1ccc(NC(=O)COc2ccc(Cl)cc2/C=C2\C(=O)NC(=O)N(c3cccc(Cl)c3)C2=O)cc1. The highest BCUT2D eigenvalue weighted by atomic mass is 35.5. The zero-order chi connectivity index (χ0) is 26.5. The zero-order valence-corrected chi connectivity index (χ0v) is 20.8. The van der Waals surface area contributed by atoms with Crippen molar-refractivity contribution in [2.45, 2.75) is 0 Å². The summed E-state index contributed by atoms with van der Waals surface area (Å²) in [7, 11) is 1.54. The lowest BCUT2D eigenvalue weighted by atomic mass is 10.1. The molecule has 1 fully saturated rings. The molecule has 0 radical (unpaired) electrons. The predicted octanol–water partition coefficient (Wildman–Crippen LogP) is 4.69. The van der Waals surface area contributed by atoms with Gasteiger partial charge in [-0.15, -0.1) is 0 Å². The molecule has 0 unspecified atom stereocenters. The Morgan fingerprint density at radius 3 is 2.43 bits per heavy atom. The molecule has 1 saturated heterocycles. The third-order valence-corrected chi connectivity index (χ3v) is 5.64. The van der Waals surface area contributed by atoms with E-state index in [1.54, 1.807) is 36.4 Å². The molecule has 0 aliphatic carbocycles. The van der Waals surface area contributed by atoms with Crippen LogP contribution in [0.25, 0.3) is 6.08 Å². The number of nitrogens with zero attached hydrogens (tertiary/aromatic N) is 1. The molecule has 11 heteroatoms. The standard InChI is InChI=1S/C26H19Cl2N3O6/c1-36-20-8-6-18(7-9-20)29-23(32)14-37-22-10-5-17(28)11-15(22)12-21-24(33)30-26(35)31(25(21)34)19-4-2-3-16(27)13-19/h2-13H,14H2,1H3,(H,29,32)(H,30,33,35)/b21-12+. The number of methoxy groups -OCH3 is 1. The number of hydrogen-bond donors (Lipinski definition) is 2. The summed E-state index contributed by atoms with van der Waals surface area (Å²) >= 11 is 12.1. The summed E-state index contributed by atoms with van der Waals surface area (Å²) in [5.41, 5.74) is 0.646. The van der Waals surface area contributed by atoms with E-state index < -0.39 is 23.8 Å². The van der Waals surface area contributed by atoms with Gasteiger partial charge in [-0.25, -0.2) is 9.69 Å². The van der Waals surface area contributed by atoms with Crippen molar-refractivity contribution in [3.05, 3.63) is 87.9 Å². The normalized spacial score (nSPS) is 14.4. The minimum Gasteiger partial charge on any atom is -0.497 e. The van der Waals surface area contributed by atoms with Crippen molar-refractivity contribution in [1.82, 2.24) is 5.32 Å². The number of carbonyl (C=O) groups excluding carboxylic acids is 4. The third-order valence-electron chi connectivity index (χ3n) is 5.17. The number of rotatable bonds is 7. The largest absolute Gasteiger partial charge is 0.497 e. The topological polar surface area (TPSA) is 114 Å². The van der Waals surface area contributed by atoms with Crippen molar-refractivity contribution in [3.63, 3.8) is 0 Å². The van der Waals surface area contributed by atoms with Gasteiger partial charge in [0.2, 0.25) is 0 Å². The molecule has 0 bridgehead atoms. The second kappa shape index (κ2) is 11.2. The van der Waals surface area contributed by atoms with Crippen LogP contribution < -0.4 is 25.0 Å². The number of anilines is 2. The van der Waals surface area contributed by atoms with Crippen LogP contribution in [0.5, 0.6) is 11.5 Å². The maximum absolute atomic E-state index is 13.2. The fourth-order valence-electron chi connectivity index (χ4n) is 3.44. The molecular formula is C26H19Cl2N3O6. The molecule has 9 nitrogen and oxygen atoms in total. The van der Waals surface area contributed by atoms with E-state index in [1.165, 1.54) is 43.5 Å². The lowest BCUT2D eigenvalue weighted by molar-refractivity contribution is -0.122. The second-order valence-electron chi connectivity index (χ2n) is 7.69. The van der Waals surface area contributed by atoms with Gasteiger partial charge in [-0.1, -0.05) is 29.3 Å². The van der Waals surface area contributed by atoms with E-state index in [0.717, 1.165) is 4.90 Å². The third kappa shape index (κ3) is 6.08. The first-order chi connectivity index (χ1) is 17.7. The summed E-state index contributed by atoms with van der Waals surface area (Å²) in [4.78, 5) is 51.3. The number of carbonyl (C=O) groups is 4. The number of benzene rings is 3. The number of nitrogens with one attached hydrogen (secondary N) is 2. The van der Waals surface area contributed by atoms with Crippen LogP contribution in [0.3, 0.4) is 0 Å². The fraction of sp³-hybridized carbons (Fsp3) is 0.0769. The molecule has 0 aromatic heterocycles. The first-order valence-corrected chi connectivity index (χ1v) is 11.5. The Hall–Kier alpha value is -4.34. The molecule has 37 heavy (non-hydrogen) atoms. The number of imide groups is 2. The maximum atomic E-state index is 13.2. The summed E-state index contributed by atoms with van der Waals surface area (Å²) in [5.74, 6) is -1.36. The minimum absolute atomic E-state index is 0.186. The Balaban J connectivity index is 1.56. The molecule has 1 heterocycles.